The highest BCUT2D eigenvalue weighted by Gasteiger charge is 2.13. The number of nitrogens with zero attached hydrogens (tertiary/aromatic N) is 4. The number of fused-ring (bicyclic) bond motifs is 2. The predicted molar refractivity (Wildman–Crippen MR) is 109 cm³/mol. The lowest BCUT2D eigenvalue weighted by Crippen LogP contribution is -2.19. The van der Waals surface area contributed by atoms with E-state index in [1.54, 1.807) is 0 Å². The Morgan fingerprint density at radius 2 is 1.68 bits per heavy atom. The number of benzene rings is 3. The highest BCUT2D eigenvalue weighted by Crippen LogP contribution is 2.22. The zero-order valence-corrected chi connectivity index (χ0v) is 15.5. The molecule has 28 heavy (non-hydrogen) atoms. The van der Waals surface area contributed by atoms with Gasteiger partial charge in [0.05, 0.1) is 0 Å². The molecule has 0 spiro atoms. The molecule has 5 rings (SSSR count). The van der Waals surface area contributed by atoms with Crippen LogP contribution < -0.4 is 10.3 Å². The van der Waals surface area contributed by atoms with E-state index < -0.39 is 0 Å². The van der Waals surface area contributed by atoms with Crippen LogP contribution in [-0.2, 0) is 6.61 Å². The first-order valence-electron chi connectivity index (χ1n) is 8.70. The lowest BCUT2D eigenvalue weighted by molar-refractivity contribution is 0.304. The molecule has 0 N–H and O–H groups in total. The second-order valence-electron chi connectivity index (χ2n) is 6.21. The van der Waals surface area contributed by atoms with Gasteiger partial charge in [-0.3, -0.25) is 4.79 Å². The molecular weight excluding hydrogens is 372 g/mol. The molecule has 3 aromatic carbocycles. The van der Waals surface area contributed by atoms with Crippen molar-refractivity contribution in [1.82, 2.24) is 19.8 Å². The van der Waals surface area contributed by atoms with Crippen LogP contribution in [0.3, 0.4) is 0 Å². The maximum atomic E-state index is 12.7. The van der Waals surface area contributed by atoms with Crippen molar-refractivity contribution in [1.29, 1.82) is 0 Å². The van der Waals surface area contributed by atoms with Crippen LogP contribution in [0.4, 0.5) is 0 Å². The molecule has 5 aromatic rings. The van der Waals surface area contributed by atoms with Crippen LogP contribution in [0.15, 0.2) is 77.6 Å². The highest BCUT2D eigenvalue weighted by atomic mass is 32.1. The molecule has 0 fully saturated rings. The summed E-state index contributed by atoms with van der Waals surface area (Å²) in [6.07, 6.45) is 0. The van der Waals surface area contributed by atoms with Gasteiger partial charge in [0, 0.05) is 5.56 Å². The van der Waals surface area contributed by atoms with E-state index in [-0.39, 0.29) is 17.9 Å². The van der Waals surface area contributed by atoms with Gasteiger partial charge in [-0.25, -0.2) is 0 Å². The van der Waals surface area contributed by atoms with Crippen molar-refractivity contribution in [3.8, 4) is 17.0 Å². The zero-order valence-electron chi connectivity index (χ0n) is 14.6. The number of ether oxygens (including phenoxy) is 1. The maximum Gasteiger partial charge on any atom is 0.302 e. The van der Waals surface area contributed by atoms with Crippen molar-refractivity contribution < 1.29 is 4.74 Å². The van der Waals surface area contributed by atoms with E-state index in [1.165, 1.54) is 15.9 Å². The fraction of sp³-hybridized carbons (Fsp3) is 0.0476. The van der Waals surface area contributed by atoms with Crippen molar-refractivity contribution in [3.05, 3.63) is 88.2 Å². The standard InChI is InChI=1S/C21H14N4O2S/c26-20-19(15-7-2-1-3-8-15)22-23-21-25(20)24-18(28-21)13-27-17-11-10-14-6-4-5-9-16(14)12-17/h1-12H,13H2. The largest absolute Gasteiger partial charge is 0.486 e. The number of rotatable bonds is 4. The summed E-state index contributed by atoms with van der Waals surface area (Å²) >= 11 is 1.29. The van der Waals surface area contributed by atoms with Crippen LogP contribution >= 0.6 is 11.3 Å². The van der Waals surface area contributed by atoms with Gasteiger partial charge in [0.1, 0.15) is 12.4 Å². The molecular formula is C21H14N4O2S. The predicted octanol–water partition coefficient (Wildman–Crippen LogP) is 3.95. The molecule has 0 atom stereocenters. The van der Waals surface area contributed by atoms with Gasteiger partial charge in [-0.05, 0) is 22.9 Å². The molecule has 2 heterocycles. The third-order valence-electron chi connectivity index (χ3n) is 4.36. The normalized spacial score (nSPS) is 11.1. The molecule has 0 radical (unpaired) electrons. The van der Waals surface area contributed by atoms with E-state index in [4.69, 9.17) is 4.74 Å². The summed E-state index contributed by atoms with van der Waals surface area (Å²) in [4.78, 5) is 13.2. The van der Waals surface area contributed by atoms with Gasteiger partial charge in [-0.15, -0.1) is 10.2 Å². The number of hydrogen-bond acceptors (Lipinski definition) is 6. The molecule has 0 saturated heterocycles. The van der Waals surface area contributed by atoms with E-state index >= 15 is 0 Å². The molecule has 0 unspecified atom stereocenters. The third kappa shape index (κ3) is 3.01. The van der Waals surface area contributed by atoms with Crippen LogP contribution in [0.5, 0.6) is 5.75 Å². The Kier molecular flexibility index (Phi) is 4.06. The van der Waals surface area contributed by atoms with E-state index in [0.717, 1.165) is 22.1 Å². The summed E-state index contributed by atoms with van der Waals surface area (Å²) in [6, 6.07) is 23.3. The molecule has 0 bridgehead atoms. The summed E-state index contributed by atoms with van der Waals surface area (Å²) in [6.45, 7) is 0.256. The second kappa shape index (κ2) is 6.86. The van der Waals surface area contributed by atoms with Crippen LogP contribution in [0, 0.1) is 0 Å². The SMILES string of the molecule is O=c1c(-c2ccccc2)nnc2sc(COc3ccc4ccccc4c3)nn12. The molecule has 0 aliphatic heterocycles. The van der Waals surface area contributed by atoms with Gasteiger partial charge in [0.2, 0.25) is 4.96 Å². The molecule has 0 amide bonds. The first-order valence-corrected chi connectivity index (χ1v) is 9.52. The zero-order chi connectivity index (χ0) is 18.9. The average Bonchev–Trinajstić information content (AvgIpc) is 3.17. The van der Waals surface area contributed by atoms with Crippen molar-refractivity contribution in [2.75, 3.05) is 0 Å². The van der Waals surface area contributed by atoms with Crippen molar-refractivity contribution >= 4 is 27.1 Å². The maximum absolute atomic E-state index is 12.7. The number of hydrogen-bond donors (Lipinski definition) is 0. The van der Waals surface area contributed by atoms with Gasteiger partial charge in [-0.2, -0.15) is 9.61 Å². The Morgan fingerprint density at radius 3 is 2.54 bits per heavy atom. The average molecular weight is 386 g/mol. The molecule has 2 aromatic heterocycles. The fourth-order valence-corrected chi connectivity index (χ4v) is 3.73. The Morgan fingerprint density at radius 1 is 0.893 bits per heavy atom. The minimum absolute atomic E-state index is 0.256. The second-order valence-corrected chi connectivity index (χ2v) is 7.25. The smallest absolute Gasteiger partial charge is 0.302 e. The summed E-state index contributed by atoms with van der Waals surface area (Å²) < 4.78 is 7.16. The van der Waals surface area contributed by atoms with Crippen LogP contribution in [0.1, 0.15) is 5.01 Å². The topological polar surface area (TPSA) is 69.4 Å². The molecule has 0 saturated carbocycles. The van der Waals surface area contributed by atoms with Crippen LogP contribution in [0.25, 0.3) is 27.0 Å². The van der Waals surface area contributed by atoms with E-state index in [9.17, 15) is 4.79 Å². The molecule has 136 valence electrons. The summed E-state index contributed by atoms with van der Waals surface area (Å²) in [5.74, 6) is 0.751. The molecule has 7 heteroatoms. The van der Waals surface area contributed by atoms with Gasteiger partial charge in [0.15, 0.2) is 10.7 Å². The van der Waals surface area contributed by atoms with Crippen LogP contribution in [0.2, 0.25) is 0 Å². The minimum atomic E-state index is -0.288. The quantitative estimate of drug-likeness (QED) is 0.468. The monoisotopic (exact) mass is 386 g/mol. The first-order chi connectivity index (χ1) is 13.8. The third-order valence-corrected chi connectivity index (χ3v) is 5.24. The summed E-state index contributed by atoms with van der Waals surface area (Å²) in [5.41, 5.74) is 0.714. The highest BCUT2D eigenvalue weighted by molar-refractivity contribution is 7.16. The van der Waals surface area contributed by atoms with E-state index in [0.29, 0.717) is 9.97 Å². The van der Waals surface area contributed by atoms with Gasteiger partial charge in [-0.1, -0.05) is 72.0 Å². The Balaban J connectivity index is 1.43. The Labute approximate surface area is 163 Å². The Hall–Kier alpha value is -3.58. The molecule has 0 aliphatic rings. The van der Waals surface area contributed by atoms with Gasteiger partial charge >= 0.3 is 5.56 Å². The molecule has 6 nitrogen and oxygen atoms in total. The fourth-order valence-electron chi connectivity index (χ4n) is 2.99. The van der Waals surface area contributed by atoms with Crippen molar-refractivity contribution in [3.63, 3.8) is 0 Å². The van der Waals surface area contributed by atoms with E-state index in [1.807, 2.05) is 66.7 Å². The van der Waals surface area contributed by atoms with Crippen molar-refractivity contribution in [2.24, 2.45) is 0 Å². The summed E-state index contributed by atoms with van der Waals surface area (Å²) in [5, 5.41) is 15.5. The van der Waals surface area contributed by atoms with Gasteiger partial charge < -0.3 is 4.74 Å². The van der Waals surface area contributed by atoms with Crippen molar-refractivity contribution in [2.45, 2.75) is 6.61 Å². The minimum Gasteiger partial charge on any atom is -0.486 e. The first kappa shape index (κ1) is 16.6. The lowest BCUT2D eigenvalue weighted by Gasteiger charge is -2.05. The van der Waals surface area contributed by atoms with E-state index in [2.05, 4.69) is 21.4 Å². The summed E-state index contributed by atoms with van der Waals surface area (Å²) in [7, 11) is 0. The lowest BCUT2D eigenvalue weighted by atomic mass is 10.1. The van der Waals surface area contributed by atoms with Gasteiger partial charge in [0.25, 0.3) is 0 Å². The Bertz CT molecular complexity index is 1350. The van der Waals surface area contributed by atoms with Crippen LogP contribution in [-0.4, -0.2) is 19.8 Å². The molecule has 0 aliphatic carbocycles. The number of aromatic nitrogens is 4.